The lowest BCUT2D eigenvalue weighted by Crippen LogP contribution is -2.14. The number of halogens is 2. The minimum Gasteiger partial charge on any atom is -0.303 e. The van der Waals surface area contributed by atoms with Gasteiger partial charge in [-0.2, -0.15) is 0 Å². The zero-order valence-electron chi connectivity index (χ0n) is 16.6. The number of anilines is 1. The number of carbonyl (C=O) groups is 1. The molecule has 3 heterocycles. The monoisotopic (exact) mass is 489 g/mol. The highest BCUT2D eigenvalue weighted by molar-refractivity contribution is 7.99. The highest BCUT2D eigenvalue weighted by Gasteiger charge is 2.30. The van der Waals surface area contributed by atoms with Gasteiger partial charge in [0.05, 0.1) is 11.4 Å². The SMILES string of the molecule is O=C(CSc1nnc(Cc2cccs2)n1C1CC1)Nc1nc(-c2ccc(F)c(F)c2)cs1. The summed E-state index contributed by atoms with van der Waals surface area (Å²) in [5.41, 5.74) is 0.925. The van der Waals surface area contributed by atoms with Crippen LogP contribution in [0.1, 0.15) is 29.6 Å². The molecule has 5 rings (SSSR count). The number of amides is 1. The fraction of sp³-hybridized carbons (Fsp3) is 0.238. The van der Waals surface area contributed by atoms with Crippen LogP contribution in [0.3, 0.4) is 0 Å². The topological polar surface area (TPSA) is 72.7 Å². The Labute approximate surface area is 194 Å². The van der Waals surface area contributed by atoms with Crippen molar-refractivity contribution in [2.24, 2.45) is 0 Å². The van der Waals surface area contributed by atoms with Gasteiger partial charge in [-0.15, -0.1) is 32.9 Å². The molecular weight excluding hydrogens is 472 g/mol. The van der Waals surface area contributed by atoms with E-state index < -0.39 is 11.6 Å². The molecule has 1 aliphatic carbocycles. The summed E-state index contributed by atoms with van der Waals surface area (Å²) in [6.45, 7) is 0. The van der Waals surface area contributed by atoms with Crippen molar-refractivity contribution < 1.29 is 13.6 Å². The van der Waals surface area contributed by atoms with Gasteiger partial charge in [0.15, 0.2) is 21.9 Å². The smallest absolute Gasteiger partial charge is 0.236 e. The van der Waals surface area contributed by atoms with Crippen molar-refractivity contribution in [3.63, 3.8) is 0 Å². The maximum absolute atomic E-state index is 13.5. The van der Waals surface area contributed by atoms with Crippen LogP contribution in [-0.2, 0) is 11.2 Å². The molecule has 6 nitrogen and oxygen atoms in total. The first-order valence-corrected chi connectivity index (χ1v) is 12.6. The fourth-order valence-corrected chi connectivity index (χ4v) is 5.46. The molecule has 1 amide bonds. The molecule has 1 aromatic carbocycles. The number of thioether (sulfide) groups is 1. The Hall–Kier alpha value is -2.63. The Morgan fingerprint density at radius 3 is 2.81 bits per heavy atom. The largest absolute Gasteiger partial charge is 0.303 e. The Morgan fingerprint density at radius 2 is 2.06 bits per heavy atom. The molecule has 32 heavy (non-hydrogen) atoms. The lowest BCUT2D eigenvalue weighted by atomic mass is 10.2. The maximum Gasteiger partial charge on any atom is 0.236 e. The minimum absolute atomic E-state index is 0.171. The molecule has 0 bridgehead atoms. The number of carbonyl (C=O) groups excluding carboxylic acids is 1. The summed E-state index contributed by atoms with van der Waals surface area (Å²) in [5, 5.41) is 16.3. The average Bonchev–Trinajstić information content (AvgIpc) is 3.16. The normalized spacial score (nSPS) is 13.4. The van der Waals surface area contributed by atoms with Crippen LogP contribution in [-0.4, -0.2) is 31.4 Å². The molecule has 0 saturated heterocycles. The standard InChI is InChI=1S/C21H17F2N5OS3/c22-15-6-3-12(8-16(15)23)17-10-31-20(24-17)25-19(29)11-32-21-27-26-18(28(21)13-4-5-13)9-14-2-1-7-30-14/h1-3,6-8,10,13H,4-5,9,11H2,(H,24,25,29). The van der Waals surface area contributed by atoms with Gasteiger partial charge >= 0.3 is 0 Å². The molecule has 1 N–H and O–H groups in total. The number of hydrogen-bond acceptors (Lipinski definition) is 7. The first-order valence-electron chi connectivity index (χ1n) is 9.86. The molecule has 0 radical (unpaired) electrons. The van der Waals surface area contributed by atoms with Gasteiger partial charge in [0.25, 0.3) is 0 Å². The number of thiophene rings is 1. The summed E-state index contributed by atoms with van der Waals surface area (Å²) in [5.74, 6) is -0.965. The zero-order valence-corrected chi connectivity index (χ0v) is 19.1. The third-order valence-electron chi connectivity index (χ3n) is 4.86. The van der Waals surface area contributed by atoms with E-state index in [1.54, 1.807) is 16.7 Å². The van der Waals surface area contributed by atoms with E-state index in [1.165, 1.54) is 34.0 Å². The lowest BCUT2D eigenvalue weighted by Gasteiger charge is -2.08. The van der Waals surface area contributed by atoms with E-state index in [4.69, 9.17) is 0 Å². The summed E-state index contributed by atoms with van der Waals surface area (Å²) in [4.78, 5) is 18.0. The van der Waals surface area contributed by atoms with Crippen LogP contribution in [0.5, 0.6) is 0 Å². The van der Waals surface area contributed by atoms with E-state index >= 15 is 0 Å². The second kappa shape index (κ2) is 9.08. The van der Waals surface area contributed by atoms with Gasteiger partial charge in [-0.25, -0.2) is 13.8 Å². The van der Waals surface area contributed by atoms with Gasteiger partial charge in [0.2, 0.25) is 5.91 Å². The molecule has 0 aliphatic heterocycles. The van der Waals surface area contributed by atoms with E-state index in [0.717, 1.165) is 42.4 Å². The van der Waals surface area contributed by atoms with E-state index in [1.807, 2.05) is 11.4 Å². The molecular formula is C21H17F2N5OS3. The van der Waals surface area contributed by atoms with Crippen molar-refractivity contribution in [2.45, 2.75) is 30.5 Å². The first kappa shape index (κ1) is 21.2. The third-order valence-corrected chi connectivity index (χ3v) is 7.44. The molecule has 0 atom stereocenters. The molecule has 164 valence electrons. The van der Waals surface area contributed by atoms with Crippen LogP contribution in [0.4, 0.5) is 13.9 Å². The van der Waals surface area contributed by atoms with Crippen LogP contribution < -0.4 is 5.32 Å². The number of thiazole rings is 1. The average molecular weight is 490 g/mol. The highest BCUT2D eigenvalue weighted by Crippen LogP contribution is 2.39. The second-order valence-corrected chi connectivity index (χ2v) is 10.1. The highest BCUT2D eigenvalue weighted by atomic mass is 32.2. The Morgan fingerprint density at radius 1 is 1.19 bits per heavy atom. The number of nitrogens with zero attached hydrogens (tertiary/aromatic N) is 4. The van der Waals surface area contributed by atoms with Gasteiger partial charge < -0.3 is 9.88 Å². The van der Waals surface area contributed by atoms with Crippen LogP contribution in [0.25, 0.3) is 11.3 Å². The molecule has 4 aromatic rings. The summed E-state index contributed by atoms with van der Waals surface area (Å²) in [6, 6.07) is 8.11. The number of rotatable bonds is 8. The predicted octanol–water partition coefficient (Wildman–Crippen LogP) is 5.40. The van der Waals surface area contributed by atoms with E-state index in [0.29, 0.717) is 22.4 Å². The van der Waals surface area contributed by atoms with Crippen molar-refractivity contribution in [1.82, 2.24) is 19.7 Å². The van der Waals surface area contributed by atoms with Crippen molar-refractivity contribution in [1.29, 1.82) is 0 Å². The summed E-state index contributed by atoms with van der Waals surface area (Å²) in [6.07, 6.45) is 2.93. The molecule has 1 fully saturated rings. The van der Waals surface area contributed by atoms with E-state index in [2.05, 4.69) is 31.1 Å². The van der Waals surface area contributed by atoms with Gasteiger partial charge in [-0.05, 0) is 42.5 Å². The summed E-state index contributed by atoms with van der Waals surface area (Å²) < 4.78 is 28.7. The van der Waals surface area contributed by atoms with Crippen molar-refractivity contribution in [2.75, 3.05) is 11.1 Å². The molecule has 1 saturated carbocycles. The fourth-order valence-electron chi connectivity index (χ4n) is 3.20. The van der Waals surface area contributed by atoms with Gasteiger partial charge in [0.1, 0.15) is 5.82 Å². The van der Waals surface area contributed by atoms with Crippen LogP contribution in [0.15, 0.2) is 46.2 Å². The van der Waals surface area contributed by atoms with Gasteiger partial charge in [-0.3, -0.25) is 4.79 Å². The zero-order chi connectivity index (χ0) is 22.1. The Bertz CT molecular complexity index is 1250. The summed E-state index contributed by atoms with van der Waals surface area (Å²) >= 11 is 4.27. The first-order chi connectivity index (χ1) is 15.6. The number of nitrogens with one attached hydrogen (secondary N) is 1. The van der Waals surface area contributed by atoms with Crippen molar-refractivity contribution in [3.8, 4) is 11.3 Å². The Balaban J connectivity index is 1.22. The second-order valence-electron chi connectivity index (χ2n) is 7.26. The number of benzene rings is 1. The van der Waals surface area contributed by atoms with Gasteiger partial charge in [-0.1, -0.05) is 17.8 Å². The van der Waals surface area contributed by atoms with E-state index in [-0.39, 0.29) is 11.7 Å². The number of aromatic nitrogens is 4. The summed E-state index contributed by atoms with van der Waals surface area (Å²) in [7, 11) is 0. The Kier molecular flexibility index (Phi) is 6.03. The minimum atomic E-state index is -0.935. The lowest BCUT2D eigenvalue weighted by molar-refractivity contribution is -0.113. The van der Waals surface area contributed by atoms with E-state index in [9.17, 15) is 13.6 Å². The van der Waals surface area contributed by atoms with Gasteiger partial charge in [0, 0.05) is 28.3 Å². The van der Waals surface area contributed by atoms with Crippen LogP contribution >= 0.6 is 34.4 Å². The quantitative estimate of drug-likeness (QED) is 0.336. The third kappa shape index (κ3) is 4.74. The maximum atomic E-state index is 13.5. The van der Waals surface area contributed by atoms with Crippen molar-refractivity contribution in [3.05, 3.63) is 63.4 Å². The molecule has 1 aliphatic rings. The molecule has 11 heteroatoms. The molecule has 0 spiro atoms. The molecule has 0 unspecified atom stereocenters. The van der Waals surface area contributed by atoms with Crippen molar-refractivity contribution >= 4 is 45.5 Å². The number of hydrogen-bond donors (Lipinski definition) is 1. The molecule has 3 aromatic heterocycles. The van der Waals surface area contributed by atoms with Crippen LogP contribution in [0.2, 0.25) is 0 Å². The predicted molar refractivity (Wildman–Crippen MR) is 122 cm³/mol. The van der Waals surface area contributed by atoms with Crippen LogP contribution in [0, 0.1) is 11.6 Å².